The lowest BCUT2D eigenvalue weighted by Gasteiger charge is -2.14. The van der Waals surface area contributed by atoms with E-state index in [1.54, 1.807) is 19.3 Å². The van der Waals surface area contributed by atoms with E-state index in [0.29, 0.717) is 18.1 Å². The molecular weight excluding hydrogens is 358 g/mol. The molecule has 1 N–H and O–H groups in total. The van der Waals surface area contributed by atoms with Crippen LogP contribution in [0.25, 0.3) is 10.8 Å². The molecule has 5 heteroatoms. The summed E-state index contributed by atoms with van der Waals surface area (Å²) in [6, 6.07) is 15.4. The molecule has 0 unspecified atom stereocenters. The Morgan fingerprint density at radius 1 is 1.22 bits per heavy atom. The highest BCUT2D eigenvalue weighted by Gasteiger charge is 2.15. The number of hydrogen-bond acceptors (Lipinski definition) is 3. The van der Waals surface area contributed by atoms with Crippen LogP contribution in [0, 0.1) is 0 Å². The number of rotatable bonds is 5. The van der Waals surface area contributed by atoms with Crippen molar-refractivity contribution in [2.24, 2.45) is 0 Å². The number of carbonyl (C=O) groups is 1. The average Bonchev–Trinajstić information content (AvgIpc) is 3.06. The lowest BCUT2D eigenvalue weighted by Crippen LogP contribution is -2.35. The smallest absolute Gasteiger partial charge is 0.261 e. The van der Waals surface area contributed by atoms with Gasteiger partial charge in [-0.25, -0.2) is 0 Å². The molecule has 4 nitrogen and oxygen atoms in total. The fourth-order valence-electron chi connectivity index (χ4n) is 2.26. The standard InChI is InChI=1S/C18H16BrNO3/c1-12(18(21)20-11-17-3-2-8-22-17)23-16-7-5-13-9-15(19)6-4-14(13)10-16/h2-10,12H,11H2,1H3,(H,20,21)/t12-/m0/s1. The van der Waals surface area contributed by atoms with E-state index in [4.69, 9.17) is 9.15 Å². The van der Waals surface area contributed by atoms with Crippen LogP contribution in [0.5, 0.6) is 5.75 Å². The Morgan fingerprint density at radius 2 is 2.00 bits per heavy atom. The molecule has 0 saturated heterocycles. The lowest BCUT2D eigenvalue weighted by atomic mass is 10.1. The van der Waals surface area contributed by atoms with Crippen molar-refractivity contribution in [2.45, 2.75) is 19.6 Å². The molecule has 0 spiro atoms. The predicted octanol–water partition coefficient (Wildman–Crippen LogP) is 4.28. The third-order valence-corrected chi connectivity index (χ3v) is 3.97. The Kier molecular flexibility index (Phi) is 4.67. The van der Waals surface area contributed by atoms with Gasteiger partial charge in [-0.2, -0.15) is 0 Å². The molecule has 0 saturated carbocycles. The Hall–Kier alpha value is -2.27. The predicted molar refractivity (Wildman–Crippen MR) is 92.3 cm³/mol. The Bertz CT molecular complexity index is 814. The number of carbonyl (C=O) groups excluding carboxylic acids is 1. The molecule has 118 valence electrons. The van der Waals surface area contributed by atoms with E-state index in [1.807, 2.05) is 42.5 Å². The zero-order valence-corrected chi connectivity index (χ0v) is 14.2. The monoisotopic (exact) mass is 373 g/mol. The van der Waals surface area contributed by atoms with E-state index in [2.05, 4.69) is 21.2 Å². The number of ether oxygens (including phenoxy) is 1. The van der Waals surface area contributed by atoms with Crippen LogP contribution >= 0.6 is 15.9 Å². The van der Waals surface area contributed by atoms with Gasteiger partial charge in [0.1, 0.15) is 11.5 Å². The van der Waals surface area contributed by atoms with E-state index in [9.17, 15) is 4.79 Å². The van der Waals surface area contributed by atoms with Gasteiger partial charge in [0.2, 0.25) is 0 Å². The molecule has 0 aliphatic heterocycles. The summed E-state index contributed by atoms with van der Waals surface area (Å²) >= 11 is 3.45. The van der Waals surface area contributed by atoms with Crippen LogP contribution in [0.15, 0.2) is 63.7 Å². The Labute approximate surface area is 142 Å². The number of nitrogens with one attached hydrogen (secondary N) is 1. The van der Waals surface area contributed by atoms with E-state index >= 15 is 0 Å². The van der Waals surface area contributed by atoms with Crippen LogP contribution < -0.4 is 10.1 Å². The maximum absolute atomic E-state index is 12.1. The maximum atomic E-state index is 12.1. The number of amides is 1. The topological polar surface area (TPSA) is 51.5 Å². The molecule has 23 heavy (non-hydrogen) atoms. The molecule has 1 heterocycles. The molecule has 0 radical (unpaired) electrons. The fourth-order valence-corrected chi connectivity index (χ4v) is 2.64. The molecule has 0 fully saturated rings. The number of halogens is 1. The zero-order valence-electron chi connectivity index (χ0n) is 12.6. The van der Waals surface area contributed by atoms with Crippen LogP contribution in [0.2, 0.25) is 0 Å². The van der Waals surface area contributed by atoms with Crippen molar-refractivity contribution in [2.75, 3.05) is 0 Å². The van der Waals surface area contributed by atoms with Gasteiger partial charge in [-0.15, -0.1) is 0 Å². The van der Waals surface area contributed by atoms with Gasteiger partial charge in [0.15, 0.2) is 6.10 Å². The van der Waals surface area contributed by atoms with Gasteiger partial charge in [0.05, 0.1) is 12.8 Å². The quantitative estimate of drug-likeness (QED) is 0.725. The molecule has 0 aliphatic rings. The van der Waals surface area contributed by atoms with Crippen LogP contribution in [-0.2, 0) is 11.3 Å². The van der Waals surface area contributed by atoms with Crippen LogP contribution in [0.3, 0.4) is 0 Å². The van der Waals surface area contributed by atoms with Gasteiger partial charge in [-0.1, -0.05) is 28.1 Å². The highest BCUT2D eigenvalue weighted by Crippen LogP contribution is 2.24. The van der Waals surface area contributed by atoms with E-state index in [1.165, 1.54) is 0 Å². The first-order valence-corrected chi connectivity index (χ1v) is 8.07. The summed E-state index contributed by atoms with van der Waals surface area (Å²) < 4.78 is 11.9. The van der Waals surface area contributed by atoms with Gasteiger partial charge in [0, 0.05) is 4.47 Å². The lowest BCUT2D eigenvalue weighted by molar-refractivity contribution is -0.127. The second-order valence-corrected chi connectivity index (χ2v) is 6.13. The molecule has 1 amide bonds. The van der Waals surface area contributed by atoms with Gasteiger partial charge in [-0.3, -0.25) is 4.79 Å². The molecule has 0 aliphatic carbocycles. The van der Waals surface area contributed by atoms with Crippen molar-refractivity contribution in [1.82, 2.24) is 5.32 Å². The average molecular weight is 374 g/mol. The first kappa shape index (κ1) is 15.6. The molecule has 1 atom stereocenters. The van der Waals surface area contributed by atoms with Crippen LogP contribution in [-0.4, -0.2) is 12.0 Å². The third-order valence-electron chi connectivity index (χ3n) is 3.47. The molecule has 2 aromatic carbocycles. The molecular formula is C18H16BrNO3. The zero-order chi connectivity index (χ0) is 16.2. The first-order valence-electron chi connectivity index (χ1n) is 7.28. The second kappa shape index (κ2) is 6.87. The van der Waals surface area contributed by atoms with Crippen LogP contribution in [0.1, 0.15) is 12.7 Å². The minimum atomic E-state index is -0.585. The Morgan fingerprint density at radius 3 is 2.78 bits per heavy atom. The molecule has 3 aromatic rings. The van der Waals surface area contributed by atoms with Crippen molar-refractivity contribution in [1.29, 1.82) is 0 Å². The summed E-state index contributed by atoms with van der Waals surface area (Å²) in [4.78, 5) is 12.1. The summed E-state index contributed by atoms with van der Waals surface area (Å²) in [5.41, 5.74) is 0. The van der Waals surface area contributed by atoms with Gasteiger partial charge >= 0.3 is 0 Å². The largest absolute Gasteiger partial charge is 0.481 e. The van der Waals surface area contributed by atoms with E-state index in [-0.39, 0.29) is 5.91 Å². The maximum Gasteiger partial charge on any atom is 0.261 e. The Balaban J connectivity index is 1.63. The second-order valence-electron chi connectivity index (χ2n) is 5.21. The number of benzene rings is 2. The minimum absolute atomic E-state index is 0.183. The van der Waals surface area contributed by atoms with Gasteiger partial charge in [0.25, 0.3) is 5.91 Å². The highest BCUT2D eigenvalue weighted by molar-refractivity contribution is 9.10. The number of furan rings is 1. The summed E-state index contributed by atoms with van der Waals surface area (Å²) in [5, 5.41) is 4.96. The summed E-state index contributed by atoms with van der Waals surface area (Å²) in [6.45, 7) is 2.08. The third kappa shape index (κ3) is 3.93. The molecule has 0 bridgehead atoms. The van der Waals surface area contributed by atoms with Crippen molar-refractivity contribution in [3.8, 4) is 5.75 Å². The summed E-state index contributed by atoms with van der Waals surface area (Å²) in [7, 11) is 0. The first-order chi connectivity index (χ1) is 11.1. The van der Waals surface area contributed by atoms with Crippen molar-refractivity contribution < 1.29 is 13.9 Å². The van der Waals surface area contributed by atoms with Crippen molar-refractivity contribution in [3.63, 3.8) is 0 Å². The number of hydrogen-bond donors (Lipinski definition) is 1. The summed E-state index contributed by atoms with van der Waals surface area (Å²) in [6.07, 6.45) is 0.993. The van der Waals surface area contributed by atoms with Crippen molar-refractivity contribution in [3.05, 3.63) is 65.0 Å². The van der Waals surface area contributed by atoms with Crippen molar-refractivity contribution >= 4 is 32.6 Å². The molecule has 3 rings (SSSR count). The normalized spacial score (nSPS) is 12.1. The number of fused-ring (bicyclic) bond motifs is 1. The summed E-state index contributed by atoms with van der Waals surface area (Å²) in [5.74, 6) is 1.19. The molecule has 1 aromatic heterocycles. The van der Waals surface area contributed by atoms with Gasteiger partial charge < -0.3 is 14.5 Å². The van der Waals surface area contributed by atoms with Gasteiger partial charge in [-0.05, 0) is 54.1 Å². The van der Waals surface area contributed by atoms with Crippen LogP contribution in [0.4, 0.5) is 0 Å². The SMILES string of the molecule is C[C@H](Oc1ccc2cc(Br)ccc2c1)C(=O)NCc1ccco1. The highest BCUT2D eigenvalue weighted by atomic mass is 79.9. The minimum Gasteiger partial charge on any atom is -0.481 e. The van der Waals surface area contributed by atoms with E-state index in [0.717, 1.165) is 15.2 Å². The van der Waals surface area contributed by atoms with E-state index < -0.39 is 6.10 Å². The fraction of sp³-hybridized carbons (Fsp3) is 0.167.